The van der Waals surface area contributed by atoms with Gasteiger partial charge in [0.1, 0.15) is 17.6 Å². The number of nitriles is 1. The molecule has 0 aromatic carbocycles. The number of piperazine rings is 1. The van der Waals surface area contributed by atoms with Gasteiger partial charge in [-0.05, 0) is 24.5 Å². The third kappa shape index (κ3) is 5.07. The normalized spacial score (nSPS) is 21.0. The molecule has 4 heterocycles. The van der Waals surface area contributed by atoms with E-state index in [0.717, 1.165) is 12.3 Å². The number of nitrogens with zero attached hydrogens (tertiary/aromatic N) is 6. The van der Waals surface area contributed by atoms with E-state index >= 15 is 0 Å². The zero-order valence-electron chi connectivity index (χ0n) is 20.0. The van der Waals surface area contributed by atoms with Crippen LogP contribution in [-0.2, 0) is 11.0 Å². The van der Waals surface area contributed by atoms with Gasteiger partial charge in [-0.3, -0.25) is 15.6 Å². The fourth-order valence-electron chi connectivity index (χ4n) is 4.88. The van der Waals surface area contributed by atoms with E-state index in [1.165, 1.54) is 11.0 Å². The van der Waals surface area contributed by atoms with Gasteiger partial charge in [0.25, 0.3) is 0 Å². The molecule has 0 aliphatic carbocycles. The molecule has 1 amide bonds. The van der Waals surface area contributed by atoms with Crippen molar-refractivity contribution in [1.82, 2.24) is 19.8 Å². The van der Waals surface area contributed by atoms with Crippen LogP contribution in [0.5, 0.6) is 0 Å². The van der Waals surface area contributed by atoms with Crippen molar-refractivity contribution < 1.29 is 31.1 Å². The third-order valence-electron chi connectivity index (χ3n) is 6.76. The first-order valence-electron chi connectivity index (χ1n) is 11.5. The number of piperidine rings is 1. The van der Waals surface area contributed by atoms with Gasteiger partial charge >= 0.3 is 12.4 Å². The van der Waals surface area contributed by atoms with Gasteiger partial charge in [-0.25, -0.2) is 9.97 Å². The first-order valence-corrected chi connectivity index (χ1v) is 11.5. The molecule has 202 valence electrons. The maximum Gasteiger partial charge on any atom is 0.449 e. The van der Waals surface area contributed by atoms with Gasteiger partial charge in [0, 0.05) is 43.7 Å². The maximum atomic E-state index is 13.2. The monoisotopic (exact) mass is 540 g/mol. The maximum absolute atomic E-state index is 13.2. The Morgan fingerprint density at radius 2 is 1.87 bits per heavy atom. The van der Waals surface area contributed by atoms with Gasteiger partial charge in [0.2, 0.25) is 11.7 Å². The number of pyridine rings is 2. The van der Waals surface area contributed by atoms with Gasteiger partial charge in [-0.1, -0.05) is 6.92 Å². The highest BCUT2D eigenvalue weighted by Crippen LogP contribution is 2.36. The highest BCUT2D eigenvalue weighted by Gasteiger charge is 2.43. The van der Waals surface area contributed by atoms with E-state index < -0.39 is 35.6 Å². The molecule has 15 heteroatoms. The number of alkyl halides is 6. The fourth-order valence-corrected chi connectivity index (χ4v) is 4.88. The molecule has 2 saturated heterocycles. The van der Waals surface area contributed by atoms with E-state index in [1.54, 1.807) is 11.8 Å². The molecule has 0 unspecified atom stereocenters. The number of anilines is 1. The summed E-state index contributed by atoms with van der Waals surface area (Å²) in [5.74, 6) is -3.26. The minimum Gasteiger partial charge on any atom is -0.370 e. The number of rotatable bonds is 2. The van der Waals surface area contributed by atoms with Crippen LogP contribution in [0, 0.1) is 34.0 Å². The lowest BCUT2D eigenvalue weighted by molar-refractivity contribution is -0.141. The molecule has 0 saturated carbocycles. The average Bonchev–Trinajstić information content (AvgIpc) is 2.85. The number of hydrogen-bond acceptors (Lipinski definition) is 7. The molecule has 4 rings (SSSR count). The SMILES string of the molecule is C[C@@H]1CN(c2c(C#N)cnc3nc(C(F)(F)F)ccc23)CC[C@@H]1C(=O)N1CCN(C(=N)C(F)(F)F)C(=N)C1. The summed E-state index contributed by atoms with van der Waals surface area (Å²) >= 11 is 0. The summed E-state index contributed by atoms with van der Waals surface area (Å²) in [5, 5.41) is 25.1. The van der Waals surface area contributed by atoms with Gasteiger partial charge in [-0.2, -0.15) is 31.6 Å². The number of amides is 1. The Balaban J connectivity index is 1.51. The van der Waals surface area contributed by atoms with Crippen LogP contribution in [0.25, 0.3) is 11.0 Å². The van der Waals surface area contributed by atoms with Crippen molar-refractivity contribution in [3.63, 3.8) is 0 Å². The van der Waals surface area contributed by atoms with E-state index in [2.05, 4.69) is 9.97 Å². The second-order valence-electron chi connectivity index (χ2n) is 9.22. The van der Waals surface area contributed by atoms with Gasteiger partial charge in [-0.15, -0.1) is 0 Å². The molecule has 2 fully saturated rings. The topological polar surface area (TPSA) is 124 Å². The van der Waals surface area contributed by atoms with Crippen molar-refractivity contribution in [1.29, 1.82) is 16.1 Å². The van der Waals surface area contributed by atoms with E-state index in [9.17, 15) is 36.4 Å². The minimum atomic E-state index is -4.90. The number of carbonyl (C=O) groups excluding carboxylic acids is 1. The van der Waals surface area contributed by atoms with Crippen LogP contribution in [0.15, 0.2) is 18.3 Å². The molecule has 2 N–H and O–H groups in total. The van der Waals surface area contributed by atoms with Crippen molar-refractivity contribution in [2.75, 3.05) is 37.6 Å². The molecule has 0 spiro atoms. The van der Waals surface area contributed by atoms with Crippen LogP contribution in [0.3, 0.4) is 0 Å². The Morgan fingerprint density at radius 3 is 2.45 bits per heavy atom. The highest BCUT2D eigenvalue weighted by atomic mass is 19.4. The van der Waals surface area contributed by atoms with E-state index in [4.69, 9.17) is 10.8 Å². The molecule has 0 radical (unpaired) electrons. The summed E-state index contributed by atoms with van der Waals surface area (Å²) in [5.41, 5.74) is -0.757. The largest absolute Gasteiger partial charge is 0.449 e. The van der Waals surface area contributed by atoms with E-state index in [-0.39, 0.29) is 61.1 Å². The summed E-state index contributed by atoms with van der Waals surface area (Å²) in [6.45, 7) is 1.61. The van der Waals surface area contributed by atoms with Crippen LogP contribution in [0.2, 0.25) is 0 Å². The molecular weight excluding hydrogens is 518 g/mol. The Kier molecular flexibility index (Phi) is 6.94. The summed E-state index contributed by atoms with van der Waals surface area (Å²) in [4.78, 5) is 24.4. The number of aromatic nitrogens is 2. The predicted octanol–water partition coefficient (Wildman–Crippen LogP) is 3.64. The van der Waals surface area contributed by atoms with Crippen LogP contribution in [-0.4, -0.2) is 76.2 Å². The minimum absolute atomic E-state index is 0.0760. The number of nitrogens with one attached hydrogen (secondary N) is 2. The lowest BCUT2D eigenvalue weighted by Gasteiger charge is -2.42. The summed E-state index contributed by atoms with van der Waals surface area (Å²) < 4.78 is 78.0. The molecule has 2 aromatic rings. The molecule has 2 atom stereocenters. The number of fused-ring (bicyclic) bond motifs is 1. The lowest BCUT2D eigenvalue weighted by Crippen LogP contribution is -2.58. The van der Waals surface area contributed by atoms with Crippen LogP contribution in [0.4, 0.5) is 32.0 Å². The Hall–Kier alpha value is -3.96. The van der Waals surface area contributed by atoms with Crippen molar-refractivity contribution in [2.24, 2.45) is 11.8 Å². The number of amidine groups is 2. The standard InChI is InChI=1S/C23H22F6N8O/c1-12-10-35(18-13(8-30)9-33-19-15(18)2-3-16(34-19)22(24,25)26)5-4-14(12)20(38)36-6-7-37(17(31)11-36)21(32)23(27,28)29/h2-3,9,12,14,31-32H,4-7,10-11H2,1H3/t12-,14+/m1/s1. The van der Waals surface area contributed by atoms with Crippen molar-refractivity contribution >= 4 is 34.3 Å². The number of halogens is 6. The van der Waals surface area contributed by atoms with Gasteiger partial charge < -0.3 is 14.7 Å². The summed E-state index contributed by atoms with van der Waals surface area (Å²) in [7, 11) is 0. The van der Waals surface area contributed by atoms with Crippen molar-refractivity contribution in [2.45, 2.75) is 25.7 Å². The second-order valence-corrected chi connectivity index (χ2v) is 9.22. The molecule has 2 aromatic heterocycles. The zero-order valence-corrected chi connectivity index (χ0v) is 20.0. The van der Waals surface area contributed by atoms with E-state index in [0.29, 0.717) is 17.0 Å². The first-order chi connectivity index (χ1) is 17.7. The molecule has 2 aliphatic rings. The fraction of sp³-hybridized carbons (Fsp3) is 0.478. The van der Waals surface area contributed by atoms with Crippen molar-refractivity contribution in [3.05, 3.63) is 29.6 Å². The third-order valence-corrected chi connectivity index (χ3v) is 6.76. The van der Waals surface area contributed by atoms with Crippen molar-refractivity contribution in [3.8, 4) is 6.07 Å². The summed E-state index contributed by atoms with van der Waals surface area (Å²) in [6.07, 6.45) is -8.08. The smallest absolute Gasteiger partial charge is 0.370 e. The number of hydrogen-bond donors (Lipinski definition) is 2. The average molecular weight is 540 g/mol. The van der Waals surface area contributed by atoms with Gasteiger partial charge in [0.15, 0.2) is 5.65 Å². The Bertz CT molecular complexity index is 1330. The molecule has 38 heavy (non-hydrogen) atoms. The van der Waals surface area contributed by atoms with Crippen LogP contribution in [0.1, 0.15) is 24.6 Å². The first kappa shape index (κ1) is 27.1. The van der Waals surface area contributed by atoms with Crippen LogP contribution >= 0.6 is 0 Å². The Morgan fingerprint density at radius 1 is 1.16 bits per heavy atom. The molecular formula is C23H22F6N8O. The number of carbonyl (C=O) groups is 1. The molecule has 0 bridgehead atoms. The summed E-state index contributed by atoms with van der Waals surface area (Å²) in [6, 6.07) is 4.05. The quantitative estimate of drug-likeness (QED) is 0.341. The lowest BCUT2D eigenvalue weighted by atomic mass is 9.85. The van der Waals surface area contributed by atoms with Gasteiger partial charge in [0.05, 0.1) is 17.8 Å². The molecule has 2 aliphatic heterocycles. The second kappa shape index (κ2) is 9.73. The van der Waals surface area contributed by atoms with Crippen LogP contribution < -0.4 is 4.90 Å². The predicted molar refractivity (Wildman–Crippen MR) is 124 cm³/mol. The zero-order chi connectivity index (χ0) is 28.0. The van der Waals surface area contributed by atoms with E-state index in [1.807, 2.05) is 6.07 Å². The highest BCUT2D eigenvalue weighted by molar-refractivity contribution is 6.03. The molecule has 9 nitrogen and oxygen atoms in total. The Labute approximate surface area is 212 Å².